The van der Waals surface area contributed by atoms with E-state index < -0.39 is 0 Å². The summed E-state index contributed by atoms with van der Waals surface area (Å²) in [5, 5.41) is 4.43. The van der Waals surface area contributed by atoms with E-state index in [0.29, 0.717) is 17.4 Å². The quantitative estimate of drug-likeness (QED) is 0.794. The van der Waals surface area contributed by atoms with Crippen molar-refractivity contribution in [2.24, 2.45) is 0 Å². The lowest BCUT2D eigenvalue weighted by Gasteiger charge is -2.19. The summed E-state index contributed by atoms with van der Waals surface area (Å²) < 4.78 is 1.58. The molecule has 0 aliphatic heterocycles. The number of fused-ring (bicyclic) bond motifs is 1. The molecule has 0 saturated heterocycles. The summed E-state index contributed by atoms with van der Waals surface area (Å²) in [6.07, 6.45) is 0. The second kappa shape index (κ2) is 5.40. The van der Waals surface area contributed by atoms with Crippen molar-refractivity contribution in [3.8, 4) is 11.4 Å². The summed E-state index contributed by atoms with van der Waals surface area (Å²) in [7, 11) is 0. The number of anilines is 2. The Bertz CT molecular complexity index is 745. The Balaban J connectivity index is 2.11. The van der Waals surface area contributed by atoms with Crippen LogP contribution in [-0.2, 0) is 0 Å². The van der Waals surface area contributed by atoms with Crippen molar-refractivity contribution in [2.45, 2.75) is 13.8 Å². The number of aromatic nitrogens is 4. The van der Waals surface area contributed by atoms with Crippen LogP contribution >= 0.6 is 0 Å². The minimum atomic E-state index is 0.524. The zero-order valence-electron chi connectivity index (χ0n) is 12.2. The van der Waals surface area contributed by atoms with Crippen LogP contribution < -0.4 is 10.6 Å². The Morgan fingerprint density at radius 1 is 1.10 bits per heavy atom. The molecule has 6 heteroatoms. The molecule has 0 fully saturated rings. The predicted octanol–water partition coefficient (Wildman–Crippen LogP) is 2.22. The largest absolute Gasteiger partial charge is 0.383 e. The molecule has 3 rings (SSSR count). The molecular weight excluding hydrogens is 264 g/mol. The van der Waals surface area contributed by atoms with Gasteiger partial charge in [-0.25, -0.2) is 0 Å². The molecule has 3 aromatic rings. The van der Waals surface area contributed by atoms with E-state index in [-0.39, 0.29) is 0 Å². The molecule has 2 aromatic heterocycles. The van der Waals surface area contributed by atoms with Gasteiger partial charge in [-0.15, -0.1) is 5.10 Å². The van der Waals surface area contributed by atoms with E-state index in [1.54, 1.807) is 4.52 Å². The van der Waals surface area contributed by atoms with Gasteiger partial charge in [0.2, 0.25) is 0 Å². The Labute approximate surface area is 123 Å². The molecule has 0 saturated carbocycles. The normalized spacial score (nSPS) is 11.0. The first-order valence-corrected chi connectivity index (χ1v) is 7.06. The lowest BCUT2D eigenvalue weighted by atomic mass is 10.2. The van der Waals surface area contributed by atoms with E-state index in [2.05, 4.69) is 33.8 Å². The van der Waals surface area contributed by atoms with Gasteiger partial charge in [-0.1, -0.05) is 30.3 Å². The van der Waals surface area contributed by atoms with Crippen LogP contribution in [-0.4, -0.2) is 32.7 Å². The van der Waals surface area contributed by atoms with Crippen LogP contribution in [0.4, 0.5) is 11.6 Å². The smallest absolute Gasteiger partial charge is 0.256 e. The van der Waals surface area contributed by atoms with Crippen molar-refractivity contribution >= 4 is 17.4 Å². The molecule has 0 unspecified atom stereocenters. The zero-order valence-corrected chi connectivity index (χ0v) is 12.2. The van der Waals surface area contributed by atoms with Crippen LogP contribution in [0.2, 0.25) is 0 Å². The first kappa shape index (κ1) is 13.4. The highest BCUT2D eigenvalue weighted by Crippen LogP contribution is 2.20. The molecule has 2 N–H and O–H groups in total. The summed E-state index contributed by atoms with van der Waals surface area (Å²) >= 11 is 0. The Morgan fingerprint density at radius 2 is 1.81 bits per heavy atom. The van der Waals surface area contributed by atoms with Crippen LogP contribution in [0.5, 0.6) is 0 Å². The molecule has 0 amide bonds. The fraction of sp³-hybridized carbons (Fsp3) is 0.267. The Morgan fingerprint density at radius 3 is 2.48 bits per heavy atom. The van der Waals surface area contributed by atoms with Gasteiger partial charge in [0.05, 0.1) is 0 Å². The standard InChI is InChI=1S/C15H18N6/c1-3-20(4-2)13-10-12(16)21-15(17-13)18-14(19-21)11-8-6-5-7-9-11/h5-10H,3-4,16H2,1-2H3. The van der Waals surface area contributed by atoms with Crippen molar-refractivity contribution in [1.29, 1.82) is 0 Å². The first-order chi connectivity index (χ1) is 10.2. The zero-order chi connectivity index (χ0) is 14.8. The van der Waals surface area contributed by atoms with E-state index in [4.69, 9.17) is 5.73 Å². The Hall–Kier alpha value is -2.63. The predicted molar refractivity (Wildman–Crippen MR) is 84.2 cm³/mol. The minimum Gasteiger partial charge on any atom is -0.383 e. The van der Waals surface area contributed by atoms with Crippen LogP contribution in [0.1, 0.15) is 13.8 Å². The molecule has 108 valence electrons. The van der Waals surface area contributed by atoms with Crippen molar-refractivity contribution in [3.63, 3.8) is 0 Å². The van der Waals surface area contributed by atoms with Gasteiger partial charge < -0.3 is 10.6 Å². The molecule has 0 radical (unpaired) electrons. The summed E-state index contributed by atoms with van der Waals surface area (Å²) in [6, 6.07) is 11.7. The van der Waals surface area contributed by atoms with Crippen molar-refractivity contribution in [1.82, 2.24) is 19.6 Å². The van der Waals surface area contributed by atoms with Gasteiger partial charge >= 0.3 is 0 Å². The second-order valence-electron chi connectivity index (χ2n) is 4.72. The maximum atomic E-state index is 6.09. The maximum absolute atomic E-state index is 6.09. The summed E-state index contributed by atoms with van der Waals surface area (Å²) in [5.74, 6) is 2.52. The van der Waals surface area contributed by atoms with Gasteiger partial charge in [-0.3, -0.25) is 0 Å². The van der Waals surface area contributed by atoms with Crippen molar-refractivity contribution in [3.05, 3.63) is 36.4 Å². The number of rotatable bonds is 4. The first-order valence-electron chi connectivity index (χ1n) is 7.06. The van der Waals surface area contributed by atoms with Gasteiger partial charge in [-0.2, -0.15) is 14.5 Å². The van der Waals surface area contributed by atoms with Crippen molar-refractivity contribution < 1.29 is 0 Å². The number of hydrogen-bond donors (Lipinski definition) is 1. The Kier molecular flexibility index (Phi) is 3.43. The molecule has 0 aliphatic rings. The van der Waals surface area contributed by atoms with E-state index >= 15 is 0 Å². The third kappa shape index (κ3) is 2.40. The lowest BCUT2D eigenvalue weighted by molar-refractivity contribution is 0.838. The number of nitrogen functional groups attached to an aromatic ring is 1. The lowest BCUT2D eigenvalue weighted by Crippen LogP contribution is -2.23. The van der Waals surface area contributed by atoms with E-state index in [0.717, 1.165) is 24.5 Å². The second-order valence-corrected chi connectivity index (χ2v) is 4.72. The van der Waals surface area contributed by atoms with E-state index in [1.807, 2.05) is 36.4 Å². The van der Waals surface area contributed by atoms with E-state index in [9.17, 15) is 0 Å². The monoisotopic (exact) mass is 282 g/mol. The summed E-state index contributed by atoms with van der Waals surface area (Å²) in [6.45, 7) is 5.92. The average Bonchev–Trinajstić information content (AvgIpc) is 2.94. The van der Waals surface area contributed by atoms with Crippen molar-refractivity contribution in [2.75, 3.05) is 23.7 Å². The highest BCUT2D eigenvalue weighted by atomic mass is 15.4. The average molecular weight is 282 g/mol. The molecule has 0 bridgehead atoms. The molecule has 1 aromatic carbocycles. The highest BCUT2D eigenvalue weighted by Gasteiger charge is 2.13. The number of hydrogen-bond acceptors (Lipinski definition) is 5. The SMILES string of the molecule is CCN(CC)c1cc(N)n2nc(-c3ccccc3)nc2n1. The summed E-state index contributed by atoms with van der Waals surface area (Å²) in [5.41, 5.74) is 7.04. The van der Waals surface area contributed by atoms with Gasteiger partial charge in [0.25, 0.3) is 5.78 Å². The third-order valence-electron chi connectivity index (χ3n) is 3.45. The molecule has 0 spiro atoms. The van der Waals surface area contributed by atoms with Crippen LogP contribution in [0.25, 0.3) is 17.2 Å². The topological polar surface area (TPSA) is 72.3 Å². The van der Waals surface area contributed by atoms with Gasteiger partial charge in [0.1, 0.15) is 11.6 Å². The molecular formula is C15H18N6. The summed E-state index contributed by atoms with van der Waals surface area (Å²) in [4.78, 5) is 11.2. The number of nitrogens with zero attached hydrogens (tertiary/aromatic N) is 5. The van der Waals surface area contributed by atoms with Crippen LogP contribution in [0, 0.1) is 0 Å². The fourth-order valence-corrected chi connectivity index (χ4v) is 2.30. The number of benzene rings is 1. The molecule has 2 heterocycles. The number of nitrogens with two attached hydrogens (primary N) is 1. The minimum absolute atomic E-state index is 0.524. The molecule has 0 aliphatic carbocycles. The molecule has 0 atom stereocenters. The van der Waals surface area contributed by atoms with Gasteiger partial charge in [0, 0.05) is 24.7 Å². The van der Waals surface area contributed by atoms with Crippen LogP contribution in [0.15, 0.2) is 36.4 Å². The molecule has 6 nitrogen and oxygen atoms in total. The van der Waals surface area contributed by atoms with Gasteiger partial charge in [0.15, 0.2) is 5.82 Å². The highest BCUT2D eigenvalue weighted by molar-refractivity contribution is 5.60. The fourth-order valence-electron chi connectivity index (χ4n) is 2.30. The maximum Gasteiger partial charge on any atom is 0.256 e. The molecule has 21 heavy (non-hydrogen) atoms. The van der Waals surface area contributed by atoms with Gasteiger partial charge in [-0.05, 0) is 13.8 Å². The van der Waals surface area contributed by atoms with E-state index in [1.165, 1.54) is 0 Å². The van der Waals surface area contributed by atoms with Crippen LogP contribution in [0.3, 0.4) is 0 Å². The third-order valence-corrected chi connectivity index (χ3v) is 3.45.